The van der Waals surface area contributed by atoms with Gasteiger partial charge in [-0.2, -0.15) is 0 Å². The van der Waals surface area contributed by atoms with Gasteiger partial charge in [0.1, 0.15) is 9.84 Å². The quantitative estimate of drug-likeness (QED) is 0.860. The van der Waals surface area contributed by atoms with Gasteiger partial charge in [0.15, 0.2) is 0 Å². The Balaban J connectivity index is 2.83. The lowest BCUT2D eigenvalue weighted by molar-refractivity contribution is 0.234. The third-order valence-corrected chi connectivity index (χ3v) is 4.97. The van der Waals surface area contributed by atoms with Crippen LogP contribution in [-0.4, -0.2) is 45.0 Å². The third kappa shape index (κ3) is 4.35. The van der Waals surface area contributed by atoms with E-state index < -0.39 is 9.84 Å². The fourth-order valence-corrected chi connectivity index (χ4v) is 3.80. The van der Waals surface area contributed by atoms with Gasteiger partial charge in [0.25, 0.3) is 0 Å². The molecule has 18 heavy (non-hydrogen) atoms. The summed E-state index contributed by atoms with van der Waals surface area (Å²) < 4.78 is 22.5. The van der Waals surface area contributed by atoms with E-state index in [1.54, 1.807) is 11.3 Å². The van der Waals surface area contributed by atoms with Gasteiger partial charge in [-0.1, -0.05) is 0 Å². The highest BCUT2D eigenvalue weighted by atomic mass is 32.2. The molecular formula is C12H22N2O2S2. The molecule has 104 valence electrons. The summed E-state index contributed by atoms with van der Waals surface area (Å²) in [4.78, 5) is 3.26. The number of sulfone groups is 1. The average molecular weight is 290 g/mol. The minimum absolute atomic E-state index is 0.0353. The van der Waals surface area contributed by atoms with E-state index >= 15 is 0 Å². The van der Waals surface area contributed by atoms with Crippen molar-refractivity contribution in [3.8, 4) is 0 Å². The topological polar surface area (TPSA) is 63.4 Å². The first-order chi connectivity index (χ1) is 8.22. The summed E-state index contributed by atoms with van der Waals surface area (Å²) in [5.41, 5.74) is 7.27. The Labute approximate surface area is 114 Å². The van der Waals surface area contributed by atoms with E-state index in [-0.39, 0.29) is 17.8 Å². The van der Waals surface area contributed by atoms with Crippen molar-refractivity contribution in [1.29, 1.82) is 0 Å². The molecule has 6 heteroatoms. The molecule has 0 saturated heterocycles. The zero-order valence-corrected chi connectivity index (χ0v) is 13.0. The maximum Gasteiger partial charge on any atom is 0.148 e. The zero-order chi connectivity index (χ0) is 13.9. The summed E-state index contributed by atoms with van der Waals surface area (Å²) in [6.07, 6.45) is 1.26. The molecule has 2 unspecified atom stereocenters. The second kappa shape index (κ2) is 6.14. The summed E-state index contributed by atoms with van der Waals surface area (Å²) in [6, 6.07) is 2.11. The Hall–Kier alpha value is -0.430. The molecule has 2 atom stereocenters. The van der Waals surface area contributed by atoms with Gasteiger partial charge in [-0.25, -0.2) is 8.42 Å². The first-order valence-corrected chi connectivity index (χ1v) is 8.84. The van der Waals surface area contributed by atoms with E-state index in [9.17, 15) is 8.42 Å². The van der Waals surface area contributed by atoms with Crippen LogP contribution in [-0.2, 0) is 9.84 Å². The Kier molecular flexibility index (Phi) is 5.33. The van der Waals surface area contributed by atoms with E-state index in [1.165, 1.54) is 16.7 Å². The van der Waals surface area contributed by atoms with Gasteiger partial charge in [0, 0.05) is 23.7 Å². The molecule has 1 rings (SSSR count). The van der Waals surface area contributed by atoms with E-state index in [4.69, 9.17) is 5.73 Å². The Morgan fingerprint density at radius 3 is 2.50 bits per heavy atom. The molecule has 0 aliphatic carbocycles. The zero-order valence-electron chi connectivity index (χ0n) is 11.4. The predicted molar refractivity (Wildman–Crippen MR) is 77.8 cm³/mol. The van der Waals surface area contributed by atoms with Crippen LogP contribution in [0.25, 0.3) is 0 Å². The number of thiophene rings is 1. The van der Waals surface area contributed by atoms with Crippen LogP contribution in [0.1, 0.15) is 23.4 Å². The molecule has 0 fully saturated rings. The number of nitrogens with two attached hydrogens (primary N) is 1. The monoisotopic (exact) mass is 290 g/mol. The van der Waals surface area contributed by atoms with Crippen molar-refractivity contribution in [1.82, 2.24) is 4.90 Å². The van der Waals surface area contributed by atoms with Crippen molar-refractivity contribution in [3.05, 3.63) is 21.9 Å². The normalized spacial score (nSPS) is 15.9. The largest absolute Gasteiger partial charge is 0.326 e. The fraction of sp³-hybridized carbons (Fsp3) is 0.667. The Bertz CT molecular complexity index is 480. The molecule has 2 N–H and O–H groups in total. The van der Waals surface area contributed by atoms with Crippen LogP contribution in [0.15, 0.2) is 11.4 Å². The minimum atomic E-state index is -2.94. The summed E-state index contributed by atoms with van der Waals surface area (Å²) in [7, 11) is -1.01. The lowest BCUT2D eigenvalue weighted by atomic mass is 10.0. The van der Waals surface area contributed by atoms with Crippen LogP contribution in [0.2, 0.25) is 0 Å². The smallest absolute Gasteiger partial charge is 0.148 e. The van der Waals surface area contributed by atoms with Gasteiger partial charge in [-0.05, 0) is 37.9 Å². The van der Waals surface area contributed by atoms with E-state index in [2.05, 4.69) is 13.0 Å². The standard InChI is InChI=1S/C12H22N2O2S2/c1-9-5-7-17-12(9)11(10(2)13)14(3)6-8-18(4,15)16/h5,7,10-11H,6,8,13H2,1-4H3. The second-order valence-electron chi connectivity index (χ2n) is 4.88. The molecule has 1 heterocycles. The highest BCUT2D eigenvalue weighted by molar-refractivity contribution is 7.90. The minimum Gasteiger partial charge on any atom is -0.326 e. The second-order valence-corrected chi connectivity index (χ2v) is 8.09. The van der Waals surface area contributed by atoms with Crippen LogP contribution in [0, 0.1) is 6.92 Å². The van der Waals surface area contributed by atoms with Gasteiger partial charge in [-0.15, -0.1) is 11.3 Å². The maximum atomic E-state index is 11.2. The highest BCUT2D eigenvalue weighted by Crippen LogP contribution is 2.29. The summed E-state index contributed by atoms with van der Waals surface area (Å²) in [6.45, 7) is 4.52. The molecule has 0 aromatic carbocycles. The van der Waals surface area contributed by atoms with Crippen molar-refractivity contribution in [3.63, 3.8) is 0 Å². The van der Waals surface area contributed by atoms with Gasteiger partial charge in [-0.3, -0.25) is 4.90 Å². The first kappa shape index (κ1) is 15.6. The summed E-state index contributed by atoms with van der Waals surface area (Å²) in [5.74, 6) is 0.164. The molecule has 0 spiro atoms. The molecule has 0 saturated carbocycles. The lowest BCUT2D eigenvalue weighted by Crippen LogP contribution is -2.39. The van der Waals surface area contributed by atoms with E-state index in [0.29, 0.717) is 6.54 Å². The molecular weight excluding hydrogens is 268 g/mol. The van der Waals surface area contributed by atoms with Crippen molar-refractivity contribution in [2.75, 3.05) is 25.6 Å². The van der Waals surface area contributed by atoms with Crippen molar-refractivity contribution in [2.45, 2.75) is 25.9 Å². The number of rotatable bonds is 6. The molecule has 0 radical (unpaired) electrons. The van der Waals surface area contributed by atoms with Gasteiger partial charge < -0.3 is 5.73 Å². The molecule has 4 nitrogen and oxygen atoms in total. The fourth-order valence-electron chi connectivity index (χ4n) is 1.98. The molecule has 0 amide bonds. The van der Waals surface area contributed by atoms with Crippen LogP contribution in [0.3, 0.4) is 0 Å². The number of aryl methyl sites for hydroxylation is 1. The van der Waals surface area contributed by atoms with Crippen LogP contribution in [0.5, 0.6) is 0 Å². The van der Waals surface area contributed by atoms with Crippen LogP contribution >= 0.6 is 11.3 Å². The first-order valence-electron chi connectivity index (χ1n) is 5.90. The molecule has 0 aliphatic rings. The van der Waals surface area contributed by atoms with Gasteiger partial charge in [0.2, 0.25) is 0 Å². The number of nitrogens with zero attached hydrogens (tertiary/aromatic N) is 1. The van der Waals surface area contributed by atoms with Gasteiger partial charge >= 0.3 is 0 Å². The van der Waals surface area contributed by atoms with Crippen LogP contribution < -0.4 is 5.73 Å². The molecule has 1 aromatic rings. The predicted octanol–water partition coefficient (Wildman–Crippen LogP) is 1.42. The molecule has 1 aromatic heterocycles. The highest BCUT2D eigenvalue weighted by Gasteiger charge is 2.24. The third-order valence-electron chi connectivity index (χ3n) is 2.96. The SMILES string of the molecule is Cc1ccsc1C(C(C)N)N(C)CCS(C)(=O)=O. The van der Waals surface area contributed by atoms with Crippen molar-refractivity contribution >= 4 is 21.2 Å². The van der Waals surface area contributed by atoms with Gasteiger partial charge in [0.05, 0.1) is 11.8 Å². The Morgan fingerprint density at radius 2 is 2.11 bits per heavy atom. The number of hydrogen-bond acceptors (Lipinski definition) is 5. The van der Waals surface area contributed by atoms with E-state index in [0.717, 1.165) is 0 Å². The molecule has 0 bridgehead atoms. The van der Waals surface area contributed by atoms with Crippen LogP contribution in [0.4, 0.5) is 0 Å². The number of likely N-dealkylation sites (N-methyl/N-ethyl adjacent to an activating group) is 1. The number of hydrogen-bond donors (Lipinski definition) is 1. The average Bonchev–Trinajstić information content (AvgIpc) is 2.61. The summed E-state index contributed by atoms with van der Waals surface area (Å²) >= 11 is 1.68. The van der Waals surface area contributed by atoms with E-state index in [1.807, 2.05) is 24.3 Å². The summed E-state index contributed by atoms with van der Waals surface area (Å²) in [5, 5.41) is 2.05. The van der Waals surface area contributed by atoms with Crippen molar-refractivity contribution in [2.24, 2.45) is 5.73 Å². The lowest BCUT2D eigenvalue weighted by Gasteiger charge is -2.30. The Morgan fingerprint density at radius 1 is 1.50 bits per heavy atom. The van der Waals surface area contributed by atoms with Crippen molar-refractivity contribution < 1.29 is 8.42 Å². The molecule has 0 aliphatic heterocycles. The maximum absolute atomic E-state index is 11.2.